The molecule has 22 heteroatoms. The maximum atomic E-state index is 13.4. The number of esters is 2. The lowest BCUT2D eigenvalue weighted by atomic mass is 9.98. The zero-order valence-electron chi connectivity index (χ0n) is 24.6. The molecule has 0 aliphatic carbocycles. The van der Waals surface area contributed by atoms with Gasteiger partial charge in [-0.15, -0.1) is 29.3 Å². The predicted molar refractivity (Wildman–Crippen MR) is 166 cm³/mol. The number of ether oxygens (including phenoxy) is 2. The number of carbonyl (C=O) groups is 4. The monoisotopic (exact) mass is 705 g/mol. The number of nitrogens with zero attached hydrogens (tertiary/aromatic N) is 8. The van der Waals surface area contributed by atoms with Crippen molar-refractivity contribution in [3.8, 4) is 0 Å². The molecule has 2 aromatic heterocycles. The van der Waals surface area contributed by atoms with Crippen LogP contribution in [0.2, 0.25) is 0 Å². The van der Waals surface area contributed by atoms with Crippen molar-refractivity contribution in [2.24, 2.45) is 23.4 Å². The summed E-state index contributed by atoms with van der Waals surface area (Å²) in [7, 11) is 1.67. The number of aromatic nitrogens is 6. The minimum atomic E-state index is -1.02. The minimum absolute atomic E-state index is 0. The molecule has 4 heterocycles. The summed E-state index contributed by atoms with van der Waals surface area (Å²) in [6.45, 7) is 4.85. The van der Waals surface area contributed by atoms with Crippen LogP contribution < -0.4 is 16.8 Å². The molecule has 2 aliphatic heterocycles. The molecule has 0 spiro atoms. The van der Waals surface area contributed by atoms with Crippen molar-refractivity contribution < 1.29 is 33.5 Å². The summed E-state index contributed by atoms with van der Waals surface area (Å²) in [6.07, 6.45) is 0.494. The number of rotatable bonds is 13. The molecule has 2 aromatic rings. The van der Waals surface area contributed by atoms with Crippen LogP contribution in [0.25, 0.3) is 0 Å². The normalized spacial score (nSPS) is 18.0. The second-order valence-corrected chi connectivity index (χ2v) is 13.1. The summed E-state index contributed by atoms with van der Waals surface area (Å²) in [5, 5.41) is 17.8. The van der Waals surface area contributed by atoms with E-state index < -0.39 is 47.4 Å². The number of thioether (sulfide) groups is 2. The van der Waals surface area contributed by atoms with Gasteiger partial charge < -0.3 is 31.1 Å². The number of nitrogens with two attached hydrogens (primary N) is 2. The second-order valence-electron chi connectivity index (χ2n) is 10.3. The van der Waals surface area contributed by atoms with Crippen LogP contribution in [0, 0.1) is 5.41 Å². The van der Waals surface area contributed by atoms with E-state index in [1.54, 1.807) is 27.8 Å². The zero-order valence-corrected chi connectivity index (χ0v) is 27.9. The van der Waals surface area contributed by atoms with E-state index in [1.807, 2.05) is 0 Å². The van der Waals surface area contributed by atoms with Crippen LogP contribution in [0.15, 0.2) is 21.6 Å². The number of hydrogen-bond acceptors (Lipinski definition) is 18. The number of amides is 2. The van der Waals surface area contributed by atoms with Crippen LogP contribution in [0.5, 0.6) is 0 Å². The van der Waals surface area contributed by atoms with Crippen molar-refractivity contribution in [2.75, 3.05) is 37.2 Å². The molecule has 0 aromatic carbocycles. The van der Waals surface area contributed by atoms with Gasteiger partial charge in [0.2, 0.25) is 23.5 Å². The first-order chi connectivity index (χ1) is 20.9. The molecule has 2 aliphatic rings. The van der Waals surface area contributed by atoms with Crippen LogP contribution in [0.1, 0.15) is 33.0 Å². The highest BCUT2D eigenvalue weighted by Crippen LogP contribution is 2.42. The molecule has 2 atom stereocenters. The number of oxime groups is 1. The van der Waals surface area contributed by atoms with Crippen LogP contribution in [0.3, 0.4) is 0 Å². The van der Waals surface area contributed by atoms with Crippen molar-refractivity contribution >= 4 is 82.1 Å². The molecule has 2 amide bonds. The molecular formula is C23H32ClN11O7S3. The fourth-order valence-electron chi connectivity index (χ4n) is 3.68. The van der Waals surface area contributed by atoms with Crippen LogP contribution in [-0.4, -0.2) is 107 Å². The fourth-order valence-corrected chi connectivity index (χ4v) is 6.45. The van der Waals surface area contributed by atoms with Gasteiger partial charge in [0.25, 0.3) is 11.8 Å². The number of hydrogen-bond donors (Lipinski definition) is 3. The van der Waals surface area contributed by atoms with Gasteiger partial charge in [-0.1, -0.05) is 16.9 Å². The van der Waals surface area contributed by atoms with Gasteiger partial charge in [0.15, 0.2) is 5.13 Å². The van der Waals surface area contributed by atoms with Crippen molar-refractivity contribution in [1.29, 1.82) is 0 Å². The van der Waals surface area contributed by atoms with Crippen LogP contribution >= 0.6 is 47.5 Å². The Morgan fingerprint density at radius 1 is 1.24 bits per heavy atom. The number of nitrogens with one attached hydrogen (secondary N) is 1. The van der Waals surface area contributed by atoms with Crippen LogP contribution in [-0.2, 0) is 40.5 Å². The largest absolute Gasteiger partial charge is 0.427 e. The molecule has 45 heavy (non-hydrogen) atoms. The lowest BCUT2D eigenvalue weighted by Crippen LogP contribution is -2.71. The van der Waals surface area contributed by atoms with Gasteiger partial charge >= 0.3 is 11.9 Å². The van der Waals surface area contributed by atoms with Crippen molar-refractivity contribution in [1.82, 2.24) is 39.8 Å². The Labute approximate surface area is 276 Å². The highest BCUT2D eigenvalue weighted by Gasteiger charge is 2.55. The molecule has 0 radical (unpaired) electrons. The minimum Gasteiger partial charge on any atom is -0.427 e. The first kappa shape index (κ1) is 35.9. The summed E-state index contributed by atoms with van der Waals surface area (Å²) < 4.78 is 15.8. The Morgan fingerprint density at radius 3 is 2.62 bits per heavy atom. The van der Waals surface area contributed by atoms with Gasteiger partial charge in [0, 0.05) is 30.1 Å². The number of carbonyl (C=O) groups excluding carboxylic acids is 4. The predicted octanol–water partition coefficient (Wildman–Crippen LogP) is -0.329. The Bertz CT molecular complexity index is 1480. The first-order valence-corrected chi connectivity index (χ1v) is 15.9. The van der Waals surface area contributed by atoms with Gasteiger partial charge in [-0.2, -0.15) is 9.36 Å². The Balaban J connectivity index is 0.00000552. The molecule has 1 fully saturated rings. The van der Waals surface area contributed by atoms with Gasteiger partial charge in [0.05, 0.1) is 5.41 Å². The molecular weight excluding hydrogens is 674 g/mol. The fraction of sp³-hybridized carbons (Fsp3) is 0.565. The number of tetrazole rings is 1. The smallest absolute Gasteiger partial charge is 0.357 e. The van der Waals surface area contributed by atoms with E-state index in [4.69, 9.17) is 25.8 Å². The van der Waals surface area contributed by atoms with Gasteiger partial charge in [-0.3, -0.25) is 19.3 Å². The quantitative estimate of drug-likeness (QED) is 0.0459. The molecule has 4 rings (SSSR count). The number of β-lactam (4-membered cyclic amide) rings is 1. The van der Waals surface area contributed by atoms with Crippen LogP contribution in [0.4, 0.5) is 5.13 Å². The molecule has 246 valence electrons. The Kier molecular flexibility index (Phi) is 12.5. The summed E-state index contributed by atoms with van der Waals surface area (Å²) in [6, 6.07) is -1.02. The van der Waals surface area contributed by atoms with Gasteiger partial charge in [-0.05, 0) is 49.7 Å². The molecule has 5 N–H and O–H groups in total. The van der Waals surface area contributed by atoms with Gasteiger partial charge in [-0.25, -0.2) is 9.48 Å². The lowest BCUT2D eigenvalue weighted by molar-refractivity contribution is -0.173. The highest BCUT2D eigenvalue weighted by atomic mass is 35.5. The number of fused-ring (bicyclic) bond motifs is 1. The lowest BCUT2D eigenvalue weighted by Gasteiger charge is -2.49. The number of anilines is 1. The van der Waals surface area contributed by atoms with E-state index in [0.717, 1.165) is 11.5 Å². The first-order valence-electron chi connectivity index (χ1n) is 13.1. The second kappa shape index (κ2) is 15.7. The Morgan fingerprint density at radius 2 is 2.00 bits per heavy atom. The third kappa shape index (κ3) is 8.60. The summed E-state index contributed by atoms with van der Waals surface area (Å²) in [4.78, 5) is 62.6. The summed E-state index contributed by atoms with van der Waals surface area (Å²) >= 11 is 3.47. The molecule has 0 bridgehead atoms. The number of halogens is 1. The van der Waals surface area contributed by atoms with E-state index in [9.17, 15) is 19.2 Å². The van der Waals surface area contributed by atoms with E-state index in [0.29, 0.717) is 29.4 Å². The summed E-state index contributed by atoms with van der Waals surface area (Å²) in [5.74, 6) is -2.25. The average molecular weight is 706 g/mol. The molecule has 1 unspecified atom stereocenters. The van der Waals surface area contributed by atoms with Gasteiger partial charge in [0.1, 0.15) is 23.7 Å². The Hall–Kier alpha value is -3.53. The average Bonchev–Trinajstić information content (AvgIpc) is 3.60. The topological polar surface area (TPSA) is 245 Å². The molecule has 18 nitrogen and oxygen atoms in total. The van der Waals surface area contributed by atoms with Crippen molar-refractivity contribution in [2.45, 2.75) is 43.8 Å². The van der Waals surface area contributed by atoms with E-state index in [2.05, 4.69) is 35.4 Å². The molecule has 0 saturated carbocycles. The number of aryl methyl sites for hydroxylation is 1. The SMILES string of the molecule is Cl.Cn1nnnc1SCC1=C(C(=O)OCOC(=O)C(C)(C)C)N2C(=O)C(NC(=O)C(=NOCCCN)c3nsc(N)n3)[C@@H]2SC1. The maximum Gasteiger partial charge on any atom is 0.357 e. The third-order valence-corrected chi connectivity index (χ3v) is 8.92. The van der Waals surface area contributed by atoms with E-state index >= 15 is 0 Å². The maximum absolute atomic E-state index is 13.4. The molecule has 1 saturated heterocycles. The van der Waals surface area contributed by atoms with Crippen molar-refractivity contribution in [3.05, 3.63) is 17.1 Å². The summed E-state index contributed by atoms with van der Waals surface area (Å²) in [5.41, 5.74) is 10.6. The zero-order chi connectivity index (χ0) is 32.0. The third-order valence-electron chi connectivity index (χ3n) is 5.94. The highest BCUT2D eigenvalue weighted by molar-refractivity contribution is 8.01. The number of nitrogen functional groups attached to an aromatic ring is 1. The standard InChI is InChI=1S/C23H31N11O7S3.ClH/c1-23(2,3)20(38)40-10-39-19(37)14-11(9-43-22-28-31-32-33(22)4)8-42-18-13(17(36)34(14)18)26-16(35)12(29-41-7-5-6-24)15-27-21(25)44-30-15;/h13,18H,5-10,24H2,1-4H3,(H,26,35)(H2,25,27,30);1H/t13?,18-;/m0./s1. The van der Waals surface area contributed by atoms with Crippen molar-refractivity contribution in [3.63, 3.8) is 0 Å². The van der Waals surface area contributed by atoms with E-state index in [1.165, 1.54) is 33.1 Å². The van der Waals surface area contributed by atoms with E-state index in [-0.39, 0.29) is 47.1 Å².